The van der Waals surface area contributed by atoms with Crippen LogP contribution in [0, 0.1) is 5.92 Å². The van der Waals surface area contributed by atoms with Gasteiger partial charge in [0.25, 0.3) is 0 Å². The van der Waals surface area contributed by atoms with E-state index in [2.05, 4.69) is 6.92 Å². The number of piperidine rings is 1. The second-order valence-corrected chi connectivity index (χ2v) is 8.99. The largest absolute Gasteiger partial charge is 0.342 e. The summed E-state index contributed by atoms with van der Waals surface area (Å²) < 4.78 is 25.4. The van der Waals surface area contributed by atoms with Crippen molar-refractivity contribution in [3.05, 3.63) is 28.2 Å². The summed E-state index contributed by atoms with van der Waals surface area (Å²) in [6.07, 6.45) is 3.38. The van der Waals surface area contributed by atoms with E-state index in [1.165, 1.54) is 10.4 Å². The number of rotatable bonds is 5. The number of halogens is 2. The lowest BCUT2D eigenvalue weighted by Crippen LogP contribution is -2.41. The van der Waals surface area contributed by atoms with E-state index >= 15 is 0 Å². The maximum absolute atomic E-state index is 12.4. The molecule has 1 unspecified atom stereocenters. The van der Waals surface area contributed by atoms with Gasteiger partial charge in [0.15, 0.2) is 0 Å². The van der Waals surface area contributed by atoms with Crippen LogP contribution in [0.1, 0.15) is 26.2 Å². The molecule has 24 heavy (non-hydrogen) atoms. The molecule has 1 aromatic rings. The molecule has 0 aromatic heterocycles. The summed E-state index contributed by atoms with van der Waals surface area (Å²) in [5, 5.41) is 0.631. The fourth-order valence-electron chi connectivity index (χ4n) is 2.90. The van der Waals surface area contributed by atoms with Gasteiger partial charge in [-0.3, -0.25) is 9.10 Å². The summed E-state index contributed by atoms with van der Waals surface area (Å²) >= 11 is 11.9. The third-order valence-corrected chi connectivity index (χ3v) is 6.06. The molecule has 0 aliphatic carbocycles. The molecular weight excluding hydrogens is 371 g/mol. The quantitative estimate of drug-likeness (QED) is 0.771. The summed E-state index contributed by atoms with van der Waals surface area (Å²) in [6.45, 7) is 3.69. The van der Waals surface area contributed by atoms with E-state index in [-0.39, 0.29) is 23.9 Å². The third-order valence-electron chi connectivity index (χ3n) is 4.13. The summed E-state index contributed by atoms with van der Waals surface area (Å²) in [4.78, 5) is 14.2. The number of hydrogen-bond donors (Lipinski definition) is 0. The van der Waals surface area contributed by atoms with Crippen molar-refractivity contribution < 1.29 is 13.2 Å². The minimum Gasteiger partial charge on any atom is -0.342 e. The molecule has 1 aliphatic heterocycles. The van der Waals surface area contributed by atoms with Gasteiger partial charge in [-0.1, -0.05) is 30.1 Å². The van der Waals surface area contributed by atoms with Crippen molar-refractivity contribution >= 4 is 44.8 Å². The average Bonchev–Trinajstić information content (AvgIpc) is 2.49. The summed E-state index contributed by atoms with van der Waals surface area (Å²) in [7, 11) is -3.52. The smallest absolute Gasteiger partial charge is 0.232 e. The lowest BCUT2D eigenvalue weighted by Gasteiger charge is -2.32. The highest BCUT2D eigenvalue weighted by molar-refractivity contribution is 7.92. The van der Waals surface area contributed by atoms with Gasteiger partial charge in [-0.15, -0.1) is 0 Å². The zero-order chi connectivity index (χ0) is 17.9. The fourth-order valence-corrected chi connectivity index (χ4v) is 4.11. The van der Waals surface area contributed by atoms with Crippen LogP contribution in [0.3, 0.4) is 0 Å². The Morgan fingerprint density at radius 2 is 2.04 bits per heavy atom. The van der Waals surface area contributed by atoms with E-state index in [1.54, 1.807) is 12.1 Å². The van der Waals surface area contributed by atoms with Gasteiger partial charge in [-0.25, -0.2) is 8.42 Å². The molecule has 5 nitrogen and oxygen atoms in total. The number of benzene rings is 1. The zero-order valence-electron chi connectivity index (χ0n) is 13.8. The number of carbonyl (C=O) groups is 1. The summed E-state index contributed by atoms with van der Waals surface area (Å²) in [5.41, 5.74) is 0.409. The first-order valence-electron chi connectivity index (χ1n) is 7.89. The molecule has 1 saturated heterocycles. The number of nitrogens with zero attached hydrogens (tertiary/aromatic N) is 2. The molecule has 0 N–H and O–H groups in total. The van der Waals surface area contributed by atoms with Crippen LogP contribution in [0.2, 0.25) is 10.0 Å². The van der Waals surface area contributed by atoms with Gasteiger partial charge in [0.1, 0.15) is 0 Å². The highest BCUT2D eigenvalue weighted by Crippen LogP contribution is 2.28. The third kappa shape index (κ3) is 5.01. The van der Waals surface area contributed by atoms with Gasteiger partial charge in [0.2, 0.25) is 15.9 Å². The lowest BCUT2D eigenvalue weighted by atomic mass is 10.00. The first kappa shape index (κ1) is 19.3. The van der Waals surface area contributed by atoms with Crippen molar-refractivity contribution in [1.82, 2.24) is 4.90 Å². The van der Waals surface area contributed by atoms with Crippen molar-refractivity contribution in [2.45, 2.75) is 26.2 Å². The fraction of sp³-hybridized carbons (Fsp3) is 0.562. The molecule has 134 valence electrons. The molecule has 1 atom stereocenters. The first-order chi connectivity index (χ1) is 11.2. The Hall–Kier alpha value is -0.980. The van der Waals surface area contributed by atoms with Crippen LogP contribution < -0.4 is 4.31 Å². The van der Waals surface area contributed by atoms with Crippen LogP contribution in [0.25, 0.3) is 0 Å². The van der Waals surface area contributed by atoms with Crippen LogP contribution in [-0.4, -0.2) is 45.1 Å². The molecule has 0 spiro atoms. The Kier molecular flexibility index (Phi) is 6.39. The van der Waals surface area contributed by atoms with Crippen molar-refractivity contribution in [1.29, 1.82) is 0 Å². The van der Waals surface area contributed by atoms with E-state index in [9.17, 15) is 13.2 Å². The topological polar surface area (TPSA) is 57.7 Å². The second kappa shape index (κ2) is 7.93. The SMILES string of the molecule is CC1CCCN(C(=O)CCN(c2ccc(Cl)c(Cl)c2)S(C)(=O)=O)C1. The van der Waals surface area contributed by atoms with Crippen molar-refractivity contribution in [3.8, 4) is 0 Å². The lowest BCUT2D eigenvalue weighted by molar-refractivity contribution is -0.132. The van der Waals surface area contributed by atoms with Gasteiger partial charge in [-0.05, 0) is 37.0 Å². The van der Waals surface area contributed by atoms with Crippen LogP contribution in [-0.2, 0) is 14.8 Å². The number of anilines is 1. The molecule has 8 heteroatoms. The Bertz CT molecular complexity index is 709. The van der Waals surface area contributed by atoms with Gasteiger partial charge in [0, 0.05) is 26.1 Å². The van der Waals surface area contributed by atoms with E-state index < -0.39 is 10.0 Å². The highest BCUT2D eigenvalue weighted by Gasteiger charge is 2.24. The van der Waals surface area contributed by atoms with E-state index in [4.69, 9.17) is 23.2 Å². The minimum absolute atomic E-state index is 0.0183. The summed E-state index contributed by atoms with van der Waals surface area (Å²) in [6, 6.07) is 4.63. The predicted octanol–water partition coefficient (Wildman–Crippen LogP) is 3.41. The van der Waals surface area contributed by atoms with E-state index in [0.29, 0.717) is 16.6 Å². The molecule has 0 saturated carbocycles. The van der Waals surface area contributed by atoms with Crippen LogP contribution >= 0.6 is 23.2 Å². The number of sulfonamides is 1. The monoisotopic (exact) mass is 392 g/mol. The Balaban J connectivity index is 2.09. The molecular formula is C16H22Cl2N2O3S. The zero-order valence-corrected chi connectivity index (χ0v) is 16.2. The molecule has 1 aromatic carbocycles. The summed E-state index contributed by atoms with van der Waals surface area (Å²) in [5.74, 6) is 0.471. The Morgan fingerprint density at radius 1 is 1.33 bits per heavy atom. The van der Waals surface area contributed by atoms with Gasteiger partial charge >= 0.3 is 0 Å². The first-order valence-corrected chi connectivity index (χ1v) is 10.5. The van der Waals surface area contributed by atoms with Crippen LogP contribution in [0.15, 0.2) is 18.2 Å². The highest BCUT2D eigenvalue weighted by atomic mass is 35.5. The number of hydrogen-bond acceptors (Lipinski definition) is 3. The number of amides is 1. The van der Waals surface area contributed by atoms with Crippen LogP contribution in [0.5, 0.6) is 0 Å². The van der Waals surface area contributed by atoms with Crippen molar-refractivity contribution in [3.63, 3.8) is 0 Å². The van der Waals surface area contributed by atoms with Gasteiger partial charge < -0.3 is 4.90 Å². The minimum atomic E-state index is -3.52. The molecule has 0 radical (unpaired) electrons. The second-order valence-electron chi connectivity index (χ2n) is 6.27. The van der Waals surface area contributed by atoms with Gasteiger partial charge in [-0.2, -0.15) is 0 Å². The van der Waals surface area contributed by atoms with E-state index in [0.717, 1.165) is 32.2 Å². The molecule has 1 heterocycles. The normalized spacial score (nSPS) is 18.5. The van der Waals surface area contributed by atoms with Crippen molar-refractivity contribution in [2.75, 3.05) is 30.2 Å². The Labute approximate surface area is 153 Å². The molecule has 1 amide bonds. The molecule has 2 rings (SSSR count). The maximum atomic E-state index is 12.4. The van der Waals surface area contributed by atoms with E-state index in [1.807, 2.05) is 4.90 Å². The van der Waals surface area contributed by atoms with Crippen LogP contribution in [0.4, 0.5) is 5.69 Å². The average molecular weight is 393 g/mol. The number of likely N-dealkylation sites (tertiary alicyclic amines) is 1. The van der Waals surface area contributed by atoms with Crippen molar-refractivity contribution in [2.24, 2.45) is 5.92 Å². The van der Waals surface area contributed by atoms with Gasteiger partial charge in [0.05, 0.1) is 22.0 Å². The maximum Gasteiger partial charge on any atom is 0.232 e. The Morgan fingerprint density at radius 3 is 2.62 bits per heavy atom. The molecule has 1 aliphatic rings. The molecule has 1 fully saturated rings. The number of carbonyl (C=O) groups excluding carboxylic acids is 1. The molecule has 0 bridgehead atoms. The standard InChI is InChI=1S/C16H22Cl2N2O3S/c1-12-4-3-8-19(11-12)16(21)7-9-20(24(2,22)23)13-5-6-14(17)15(18)10-13/h5-6,10,12H,3-4,7-9,11H2,1-2H3. The predicted molar refractivity (Wildman–Crippen MR) is 98.2 cm³/mol.